The van der Waals surface area contributed by atoms with Crippen LogP contribution in [0, 0.1) is 5.92 Å². The molecule has 0 amide bonds. The summed E-state index contributed by atoms with van der Waals surface area (Å²) < 4.78 is 0. The molecule has 1 aliphatic heterocycles. The standard InChI is InChI=1S/C20H32N2/c1-2-9-19-16-22(15-17-10-5-3-6-11-17)20(14-21-19)18-12-7-4-8-13-18/h3,5-6,10-11,18-21H,2,4,7-9,12-16H2,1H3. The van der Waals surface area contributed by atoms with Crippen LogP contribution in [-0.2, 0) is 6.54 Å². The molecule has 2 nitrogen and oxygen atoms in total. The third-order valence-electron chi connectivity index (χ3n) is 5.60. The number of hydrogen-bond acceptors (Lipinski definition) is 2. The van der Waals surface area contributed by atoms with E-state index in [-0.39, 0.29) is 0 Å². The van der Waals surface area contributed by atoms with E-state index in [1.165, 1.54) is 63.6 Å². The van der Waals surface area contributed by atoms with Crippen LogP contribution in [0.4, 0.5) is 0 Å². The molecule has 2 unspecified atom stereocenters. The minimum absolute atomic E-state index is 0.688. The van der Waals surface area contributed by atoms with Gasteiger partial charge in [0.25, 0.3) is 0 Å². The van der Waals surface area contributed by atoms with Crippen molar-refractivity contribution in [2.75, 3.05) is 13.1 Å². The molecule has 2 fully saturated rings. The van der Waals surface area contributed by atoms with Crippen LogP contribution in [-0.4, -0.2) is 30.1 Å². The smallest absolute Gasteiger partial charge is 0.0253 e. The fourth-order valence-corrected chi connectivity index (χ4v) is 4.42. The van der Waals surface area contributed by atoms with Crippen molar-refractivity contribution < 1.29 is 0 Å². The number of nitrogens with one attached hydrogen (secondary N) is 1. The zero-order valence-corrected chi connectivity index (χ0v) is 14.1. The van der Waals surface area contributed by atoms with E-state index in [0.717, 1.165) is 18.5 Å². The number of benzene rings is 1. The molecule has 22 heavy (non-hydrogen) atoms. The van der Waals surface area contributed by atoms with Crippen molar-refractivity contribution in [2.24, 2.45) is 5.92 Å². The molecule has 0 aromatic heterocycles. The molecule has 1 aromatic carbocycles. The van der Waals surface area contributed by atoms with Gasteiger partial charge in [0.2, 0.25) is 0 Å². The lowest BCUT2D eigenvalue weighted by atomic mass is 9.82. The maximum atomic E-state index is 3.84. The Morgan fingerprint density at radius 3 is 2.59 bits per heavy atom. The van der Waals surface area contributed by atoms with E-state index in [0.29, 0.717) is 6.04 Å². The summed E-state index contributed by atoms with van der Waals surface area (Å²) in [6.07, 6.45) is 9.81. The van der Waals surface area contributed by atoms with Crippen molar-refractivity contribution in [3.63, 3.8) is 0 Å². The molecule has 2 atom stereocenters. The van der Waals surface area contributed by atoms with Gasteiger partial charge in [-0.1, -0.05) is 62.9 Å². The highest BCUT2D eigenvalue weighted by molar-refractivity contribution is 5.15. The highest BCUT2D eigenvalue weighted by Gasteiger charge is 2.33. The fraction of sp³-hybridized carbons (Fsp3) is 0.700. The lowest BCUT2D eigenvalue weighted by Gasteiger charge is -2.45. The first-order chi connectivity index (χ1) is 10.9. The summed E-state index contributed by atoms with van der Waals surface area (Å²) in [5, 5.41) is 3.84. The highest BCUT2D eigenvalue weighted by atomic mass is 15.2. The molecule has 0 bridgehead atoms. The molecule has 1 saturated heterocycles. The van der Waals surface area contributed by atoms with Crippen molar-refractivity contribution in [3.05, 3.63) is 35.9 Å². The molecule has 122 valence electrons. The molecule has 1 N–H and O–H groups in total. The van der Waals surface area contributed by atoms with E-state index in [2.05, 4.69) is 47.5 Å². The Labute approximate surface area is 136 Å². The van der Waals surface area contributed by atoms with Gasteiger partial charge in [-0.15, -0.1) is 0 Å². The number of hydrogen-bond donors (Lipinski definition) is 1. The summed E-state index contributed by atoms with van der Waals surface area (Å²) >= 11 is 0. The van der Waals surface area contributed by atoms with Gasteiger partial charge in [-0.05, 0) is 30.7 Å². The van der Waals surface area contributed by atoms with Gasteiger partial charge in [0.1, 0.15) is 0 Å². The zero-order valence-electron chi connectivity index (χ0n) is 14.1. The van der Waals surface area contributed by atoms with Crippen LogP contribution in [0.15, 0.2) is 30.3 Å². The van der Waals surface area contributed by atoms with E-state index in [1.54, 1.807) is 0 Å². The summed E-state index contributed by atoms with van der Waals surface area (Å²) in [5.41, 5.74) is 1.47. The van der Waals surface area contributed by atoms with Crippen LogP contribution in [0.3, 0.4) is 0 Å². The Morgan fingerprint density at radius 1 is 1.09 bits per heavy atom. The molecular formula is C20H32N2. The average Bonchev–Trinajstić information content (AvgIpc) is 2.57. The predicted molar refractivity (Wildman–Crippen MR) is 93.9 cm³/mol. The van der Waals surface area contributed by atoms with Crippen LogP contribution < -0.4 is 5.32 Å². The lowest BCUT2D eigenvalue weighted by Crippen LogP contribution is -2.58. The molecule has 1 aliphatic carbocycles. The molecule has 1 saturated carbocycles. The summed E-state index contributed by atoms with van der Waals surface area (Å²) in [6, 6.07) is 12.5. The Balaban J connectivity index is 1.69. The van der Waals surface area contributed by atoms with Crippen molar-refractivity contribution in [1.29, 1.82) is 0 Å². The summed E-state index contributed by atoms with van der Waals surface area (Å²) in [6.45, 7) is 5.85. The molecule has 2 heteroatoms. The maximum absolute atomic E-state index is 3.84. The van der Waals surface area contributed by atoms with E-state index in [9.17, 15) is 0 Å². The van der Waals surface area contributed by atoms with E-state index >= 15 is 0 Å². The van der Waals surface area contributed by atoms with Crippen molar-refractivity contribution in [3.8, 4) is 0 Å². The topological polar surface area (TPSA) is 15.3 Å². The van der Waals surface area contributed by atoms with E-state index < -0.39 is 0 Å². The minimum Gasteiger partial charge on any atom is -0.311 e. The van der Waals surface area contributed by atoms with Gasteiger partial charge < -0.3 is 5.32 Å². The van der Waals surface area contributed by atoms with Crippen LogP contribution in [0.25, 0.3) is 0 Å². The summed E-state index contributed by atoms with van der Waals surface area (Å²) in [4.78, 5) is 2.79. The van der Waals surface area contributed by atoms with Crippen molar-refractivity contribution in [2.45, 2.75) is 70.5 Å². The number of nitrogens with zero attached hydrogens (tertiary/aromatic N) is 1. The lowest BCUT2D eigenvalue weighted by molar-refractivity contribution is 0.0633. The van der Waals surface area contributed by atoms with Crippen molar-refractivity contribution in [1.82, 2.24) is 10.2 Å². The van der Waals surface area contributed by atoms with Gasteiger partial charge in [0.05, 0.1) is 0 Å². The molecule has 1 heterocycles. The maximum Gasteiger partial charge on any atom is 0.0253 e. The monoisotopic (exact) mass is 300 g/mol. The van der Waals surface area contributed by atoms with Gasteiger partial charge in [0.15, 0.2) is 0 Å². The van der Waals surface area contributed by atoms with Gasteiger partial charge in [0, 0.05) is 31.7 Å². The quantitative estimate of drug-likeness (QED) is 0.876. The fourth-order valence-electron chi connectivity index (χ4n) is 4.42. The van der Waals surface area contributed by atoms with E-state index in [4.69, 9.17) is 0 Å². The third kappa shape index (κ3) is 4.11. The van der Waals surface area contributed by atoms with Crippen LogP contribution in [0.5, 0.6) is 0 Å². The molecule has 0 radical (unpaired) electrons. The summed E-state index contributed by atoms with van der Waals surface area (Å²) in [7, 11) is 0. The first-order valence-corrected chi connectivity index (χ1v) is 9.38. The predicted octanol–water partition coefficient (Wildman–Crippen LogP) is 4.21. The van der Waals surface area contributed by atoms with Gasteiger partial charge in [-0.25, -0.2) is 0 Å². The SMILES string of the molecule is CCCC1CN(Cc2ccccc2)C(C2CCCCC2)CN1. The second-order valence-electron chi connectivity index (χ2n) is 7.27. The van der Waals surface area contributed by atoms with Gasteiger partial charge in [-0.2, -0.15) is 0 Å². The number of piperazine rings is 1. The van der Waals surface area contributed by atoms with E-state index in [1.807, 2.05) is 0 Å². The Bertz CT molecular complexity index is 425. The third-order valence-corrected chi connectivity index (χ3v) is 5.60. The molecule has 0 spiro atoms. The van der Waals surface area contributed by atoms with Crippen molar-refractivity contribution >= 4 is 0 Å². The highest BCUT2D eigenvalue weighted by Crippen LogP contribution is 2.31. The first-order valence-electron chi connectivity index (χ1n) is 9.38. The Morgan fingerprint density at radius 2 is 1.86 bits per heavy atom. The van der Waals surface area contributed by atoms with Gasteiger partial charge >= 0.3 is 0 Å². The Hall–Kier alpha value is -0.860. The first kappa shape index (κ1) is 16.0. The Kier molecular flexibility index (Phi) is 5.91. The normalized spacial score (nSPS) is 27.9. The molecule has 1 aromatic rings. The average molecular weight is 300 g/mol. The molecule has 2 aliphatic rings. The van der Waals surface area contributed by atoms with Gasteiger partial charge in [-0.3, -0.25) is 4.90 Å². The van der Waals surface area contributed by atoms with Crippen LogP contribution in [0.2, 0.25) is 0 Å². The number of rotatable bonds is 5. The zero-order chi connectivity index (χ0) is 15.2. The minimum atomic E-state index is 0.688. The second-order valence-corrected chi connectivity index (χ2v) is 7.27. The largest absolute Gasteiger partial charge is 0.311 e. The summed E-state index contributed by atoms with van der Waals surface area (Å²) in [5.74, 6) is 0.910. The second kappa shape index (κ2) is 8.12. The van der Waals surface area contributed by atoms with Crippen LogP contribution >= 0.6 is 0 Å². The van der Waals surface area contributed by atoms with Crippen LogP contribution in [0.1, 0.15) is 57.4 Å². The molecule has 3 rings (SSSR count). The molecular weight excluding hydrogens is 268 g/mol.